The Morgan fingerprint density at radius 1 is 1.29 bits per heavy atom. The van der Waals surface area contributed by atoms with Gasteiger partial charge in [-0.3, -0.25) is 4.79 Å². The highest BCUT2D eigenvalue weighted by atomic mass is 35.5. The molecule has 1 unspecified atom stereocenters. The van der Waals surface area contributed by atoms with E-state index in [4.69, 9.17) is 16.6 Å². The average molecular weight is 340 g/mol. The van der Waals surface area contributed by atoms with Crippen molar-refractivity contribution in [1.82, 2.24) is 14.9 Å². The third-order valence-corrected chi connectivity index (χ3v) is 4.12. The van der Waals surface area contributed by atoms with Crippen molar-refractivity contribution >= 4 is 28.5 Å². The first-order valence-corrected chi connectivity index (χ1v) is 8.09. The molecule has 0 aliphatic carbocycles. The Labute approximate surface area is 145 Å². The van der Waals surface area contributed by atoms with Gasteiger partial charge in [-0.1, -0.05) is 42.4 Å². The molecule has 0 aliphatic heterocycles. The number of imidazole rings is 1. The molecule has 3 aromatic rings. The first kappa shape index (κ1) is 16.3. The lowest BCUT2D eigenvalue weighted by atomic mass is 10.2. The van der Waals surface area contributed by atoms with E-state index in [9.17, 15) is 4.79 Å². The van der Waals surface area contributed by atoms with Gasteiger partial charge in [0.1, 0.15) is 5.82 Å². The summed E-state index contributed by atoms with van der Waals surface area (Å²) in [5.41, 5.74) is 3.05. The number of aromatic nitrogens is 2. The van der Waals surface area contributed by atoms with E-state index >= 15 is 0 Å². The lowest BCUT2D eigenvalue weighted by molar-refractivity contribution is -0.117. The number of halogens is 1. The van der Waals surface area contributed by atoms with Crippen LogP contribution in [0.15, 0.2) is 61.2 Å². The highest BCUT2D eigenvalue weighted by molar-refractivity contribution is 6.30. The fourth-order valence-corrected chi connectivity index (χ4v) is 2.83. The van der Waals surface area contributed by atoms with E-state index in [-0.39, 0.29) is 11.9 Å². The standard InChI is InChI=1S/C19H18ClN3O/c1-3-18(24)21-13(2)19-22-16-6-4-5-7-17(16)23(19)12-14-8-10-15(20)11-9-14/h3-11,13H,1,12H2,2H3,(H,21,24). The lowest BCUT2D eigenvalue weighted by Crippen LogP contribution is -2.27. The number of para-hydroxylation sites is 2. The van der Waals surface area contributed by atoms with Crippen LogP contribution < -0.4 is 5.32 Å². The minimum absolute atomic E-state index is 0.215. The number of benzene rings is 2. The Balaban J connectivity index is 2.03. The number of amides is 1. The van der Waals surface area contributed by atoms with Gasteiger partial charge in [-0.15, -0.1) is 0 Å². The molecule has 5 heteroatoms. The van der Waals surface area contributed by atoms with Gasteiger partial charge in [0.2, 0.25) is 5.91 Å². The molecule has 1 atom stereocenters. The van der Waals surface area contributed by atoms with Crippen LogP contribution in [0.4, 0.5) is 0 Å². The number of carbonyl (C=O) groups excluding carboxylic acids is 1. The number of nitrogens with zero attached hydrogens (tertiary/aromatic N) is 2. The van der Waals surface area contributed by atoms with Crippen molar-refractivity contribution in [3.05, 3.63) is 77.6 Å². The second-order valence-electron chi connectivity index (χ2n) is 5.61. The fourth-order valence-electron chi connectivity index (χ4n) is 2.70. The van der Waals surface area contributed by atoms with Crippen molar-refractivity contribution in [2.45, 2.75) is 19.5 Å². The number of hydrogen-bond donors (Lipinski definition) is 1. The molecule has 4 nitrogen and oxygen atoms in total. The maximum atomic E-state index is 11.6. The van der Waals surface area contributed by atoms with E-state index in [1.807, 2.05) is 55.5 Å². The van der Waals surface area contributed by atoms with Crippen LogP contribution in [-0.4, -0.2) is 15.5 Å². The molecule has 1 aromatic heterocycles. The van der Waals surface area contributed by atoms with Crippen molar-refractivity contribution in [2.75, 3.05) is 0 Å². The fraction of sp³-hybridized carbons (Fsp3) is 0.158. The molecule has 0 spiro atoms. The Morgan fingerprint density at radius 3 is 2.71 bits per heavy atom. The molecule has 2 aromatic carbocycles. The second kappa shape index (κ2) is 6.89. The number of carbonyl (C=O) groups is 1. The highest BCUT2D eigenvalue weighted by Gasteiger charge is 2.17. The van der Waals surface area contributed by atoms with Gasteiger partial charge in [-0.2, -0.15) is 0 Å². The van der Waals surface area contributed by atoms with Crippen LogP contribution in [0.3, 0.4) is 0 Å². The van der Waals surface area contributed by atoms with E-state index in [2.05, 4.69) is 16.5 Å². The van der Waals surface area contributed by atoms with Crippen LogP contribution in [0.25, 0.3) is 11.0 Å². The summed E-state index contributed by atoms with van der Waals surface area (Å²) in [4.78, 5) is 16.3. The van der Waals surface area contributed by atoms with Crippen molar-refractivity contribution in [1.29, 1.82) is 0 Å². The Kier molecular flexibility index (Phi) is 4.67. The van der Waals surface area contributed by atoms with E-state index in [1.54, 1.807) is 0 Å². The molecule has 0 saturated carbocycles. The Bertz CT molecular complexity index is 883. The van der Waals surface area contributed by atoms with Gasteiger partial charge in [0.15, 0.2) is 0 Å². The summed E-state index contributed by atoms with van der Waals surface area (Å²) in [6.45, 7) is 6.07. The van der Waals surface area contributed by atoms with Crippen molar-refractivity contribution in [3.63, 3.8) is 0 Å². The molecule has 1 heterocycles. The first-order valence-electron chi connectivity index (χ1n) is 7.71. The summed E-state index contributed by atoms with van der Waals surface area (Å²) in [6, 6.07) is 15.5. The van der Waals surface area contributed by atoms with Gasteiger partial charge in [-0.05, 0) is 42.8 Å². The number of nitrogens with one attached hydrogen (secondary N) is 1. The minimum atomic E-state index is -0.227. The molecule has 1 N–H and O–H groups in total. The van der Waals surface area contributed by atoms with Crippen molar-refractivity contribution in [3.8, 4) is 0 Å². The maximum Gasteiger partial charge on any atom is 0.243 e. The SMILES string of the molecule is C=CC(=O)NC(C)c1nc2ccccc2n1Cc1ccc(Cl)cc1. The monoisotopic (exact) mass is 339 g/mol. The van der Waals surface area contributed by atoms with Gasteiger partial charge >= 0.3 is 0 Å². The molecule has 1 amide bonds. The smallest absolute Gasteiger partial charge is 0.243 e. The number of fused-ring (bicyclic) bond motifs is 1. The quantitative estimate of drug-likeness (QED) is 0.711. The molecular formula is C19H18ClN3O. The third kappa shape index (κ3) is 3.34. The number of hydrogen-bond acceptors (Lipinski definition) is 2. The van der Waals surface area contributed by atoms with Crippen LogP contribution in [0.1, 0.15) is 24.4 Å². The average Bonchev–Trinajstić information content (AvgIpc) is 2.95. The van der Waals surface area contributed by atoms with Crippen molar-refractivity contribution < 1.29 is 4.79 Å². The summed E-state index contributed by atoms with van der Waals surface area (Å²) in [5.74, 6) is 0.592. The van der Waals surface area contributed by atoms with Crippen LogP contribution in [0.5, 0.6) is 0 Å². The zero-order valence-electron chi connectivity index (χ0n) is 13.4. The summed E-state index contributed by atoms with van der Waals surface area (Å²) < 4.78 is 2.12. The minimum Gasteiger partial charge on any atom is -0.343 e. The molecule has 122 valence electrons. The Morgan fingerprint density at radius 2 is 2.00 bits per heavy atom. The van der Waals surface area contributed by atoms with Gasteiger partial charge < -0.3 is 9.88 Å². The summed E-state index contributed by atoms with van der Waals surface area (Å²) in [7, 11) is 0. The van der Waals surface area contributed by atoms with Gasteiger partial charge in [0.05, 0.1) is 17.1 Å². The summed E-state index contributed by atoms with van der Waals surface area (Å²) in [6.07, 6.45) is 1.27. The van der Waals surface area contributed by atoms with Crippen molar-refractivity contribution in [2.24, 2.45) is 0 Å². The van der Waals surface area contributed by atoms with Crippen LogP contribution in [0.2, 0.25) is 5.02 Å². The first-order chi connectivity index (χ1) is 11.6. The summed E-state index contributed by atoms with van der Waals surface area (Å²) >= 11 is 5.97. The predicted molar refractivity (Wildman–Crippen MR) is 97.0 cm³/mol. The molecule has 0 fully saturated rings. The van der Waals surface area contributed by atoms with E-state index in [0.717, 1.165) is 22.4 Å². The topological polar surface area (TPSA) is 46.9 Å². The van der Waals surface area contributed by atoms with E-state index < -0.39 is 0 Å². The van der Waals surface area contributed by atoms with E-state index in [0.29, 0.717) is 11.6 Å². The molecular weight excluding hydrogens is 322 g/mol. The second-order valence-corrected chi connectivity index (χ2v) is 6.04. The van der Waals surface area contributed by atoms with Gasteiger partial charge in [0, 0.05) is 11.6 Å². The molecule has 0 bridgehead atoms. The molecule has 0 saturated heterocycles. The highest BCUT2D eigenvalue weighted by Crippen LogP contribution is 2.22. The van der Waals surface area contributed by atoms with Crippen LogP contribution in [0, 0.1) is 0 Å². The lowest BCUT2D eigenvalue weighted by Gasteiger charge is -2.15. The Hall–Kier alpha value is -2.59. The molecule has 0 radical (unpaired) electrons. The summed E-state index contributed by atoms with van der Waals surface area (Å²) in [5, 5.41) is 3.59. The molecule has 0 aliphatic rings. The predicted octanol–water partition coefficient (Wildman–Crippen LogP) is 4.10. The third-order valence-electron chi connectivity index (χ3n) is 3.87. The zero-order chi connectivity index (χ0) is 17.1. The maximum absolute atomic E-state index is 11.6. The van der Waals surface area contributed by atoms with Gasteiger partial charge in [-0.25, -0.2) is 4.98 Å². The number of rotatable bonds is 5. The van der Waals surface area contributed by atoms with Gasteiger partial charge in [0.25, 0.3) is 0 Å². The normalized spacial score (nSPS) is 12.1. The molecule has 24 heavy (non-hydrogen) atoms. The van der Waals surface area contributed by atoms with E-state index in [1.165, 1.54) is 6.08 Å². The zero-order valence-corrected chi connectivity index (χ0v) is 14.1. The van der Waals surface area contributed by atoms with Crippen LogP contribution in [-0.2, 0) is 11.3 Å². The molecule has 3 rings (SSSR count). The van der Waals surface area contributed by atoms with Crippen LogP contribution >= 0.6 is 11.6 Å². The largest absolute Gasteiger partial charge is 0.343 e.